The number of hydrogen-bond donors (Lipinski definition) is 1. The van der Waals surface area contributed by atoms with E-state index in [1.807, 2.05) is 25.1 Å². The number of amides is 1. The van der Waals surface area contributed by atoms with Crippen molar-refractivity contribution >= 4 is 17.7 Å². The number of thioether (sulfide) groups is 1. The monoisotopic (exact) mass is 389 g/mol. The largest absolute Gasteiger partial charge is 0.494 e. The highest BCUT2D eigenvalue weighted by molar-refractivity contribution is 7.99. The number of nitrogens with zero attached hydrogens (tertiary/aromatic N) is 4. The molecule has 3 atom stereocenters. The van der Waals surface area contributed by atoms with Crippen molar-refractivity contribution in [2.24, 2.45) is 11.8 Å². The topological polar surface area (TPSA) is 81.9 Å². The van der Waals surface area contributed by atoms with Crippen molar-refractivity contribution in [2.45, 2.75) is 51.2 Å². The first kappa shape index (κ1) is 19.7. The summed E-state index contributed by atoms with van der Waals surface area (Å²) in [5.41, 5.74) is 1.84. The molecular weight excluding hydrogens is 362 g/mol. The molecule has 1 aliphatic carbocycles. The van der Waals surface area contributed by atoms with Crippen molar-refractivity contribution in [1.29, 1.82) is 0 Å². The molecule has 1 heterocycles. The average molecular weight is 390 g/mol. The summed E-state index contributed by atoms with van der Waals surface area (Å²) in [6.45, 7) is 6.49. The Hall–Kier alpha value is -2.09. The van der Waals surface area contributed by atoms with E-state index >= 15 is 0 Å². The molecule has 27 heavy (non-hydrogen) atoms. The Kier molecular flexibility index (Phi) is 6.36. The van der Waals surface area contributed by atoms with Gasteiger partial charge in [-0.3, -0.25) is 4.79 Å². The third-order valence-corrected chi connectivity index (χ3v) is 6.31. The van der Waals surface area contributed by atoms with Crippen molar-refractivity contribution in [2.75, 3.05) is 12.9 Å². The number of methoxy groups -OCH3 is 1. The summed E-state index contributed by atoms with van der Waals surface area (Å²) in [5.74, 6) is 2.15. The Bertz CT molecular complexity index is 794. The fraction of sp³-hybridized carbons (Fsp3) is 0.579. The number of rotatable bonds is 6. The second-order valence-electron chi connectivity index (χ2n) is 7.28. The number of ether oxygens (including phenoxy) is 1. The quantitative estimate of drug-likeness (QED) is 0.765. The van der Waals surface area contributed by atoms with Crippen molar-refractivity contribution in [3.63, 3.8) is 0 Å². The maximum Gasteiger partial charge on any atom is 0.230 e. The molecule has 8 heteroatoms. The van der Waals surface area contributed by atoms with Crippen LogP contribution in [0.25, 0.3) is 5.69 Å². The van der Waals surface area contributed by atoms with Crippen LogP contribution < -0.4 is 10.1 Å². The summed E-state index contributed by atoms with van der Waals surface area (Å²) in [5, 5.41) is 15.7. The second-order valence-corrected chi connectivity index (χ2v) is 8.22. The Morgan fingerprint density at radius 2 is 2.19 bits per heavy atom. The molecular formula is C19H27N5O2S. The van der Waals surface area contributed by atoms with E-state index in [1.54, 1.807) is 11.8 Å². The van der Waals surface area contributed by atoms with Gasteiger partial charge in [-0.05, 0) is 53.3 Å². The summed E-state index contributed by atoms with van der Waals surface area (Å²) in [6.07, 6.45) is 3.48. The smallest absolute Gasteiger partial charge is 0.230 e. The molecule has 1 saturated carbocycles. The zero-order valence-electron chi connectivity index (χ0n) is 16.3. The standard InChI is InChI=1S/C19H27N5O2S/c1-12-8-9-17(26-4)16(10-12)24-19(21-22-23-24)27-11-18(25)20-15-7-5-6-13(2)14(15)3/h8-10,13-15H,5-7,11H2,1-4H3,(H,20,25)/t13-,14-,15-/m0/s1. The Labute approximate surface area is 164 Å². The zero-order chi connectivity index (χ0) is 19.4. The number of hydrogen-bond acceptors (Lipinski definition) is 6. The lowest BCUT2D eigenvalue weighted by atomic mass is 9.78. The van der Waals surface area contributed by atoms with E-state index in [9.17, 15) is 4.79 Å². The van der Waals surface area contributed by atoms with Gasteiger partial charge in [0.15, 0.2) is 0 Å². The molecule has 0 unspecified atom stereocenters. The van der Waals surface area contributed by atoms with Crippen LogP contribution in [0, 0.1) is 18.8 Å². The fourth-order valence-corrected chi connectivity index (χ4v) is 4.24. The molecule has 0 spiro atoms. The fourth-order valence-electron chi connectivity index (χ4n) is 3.55. The summed E-state index contributed by atoms with van der Waals surface area (Å²) in [6, 6.07) is 6.08. The highest BCUT2D eigenvalue weighted by Gasteiger charge is 2.28. The highest BCUT2D eigenvalue weighted by Crippen LogP contribution is 2.30. The molecule has 1 fully saturated rings. The lowest BCUT2D eigenvalue weighted by molar-refractivity contribution is -0.120. The van der Waals surface area contributed by atoms with E-state index in [0.29, 0.717) is 22.7 Å². The molecule has 2 aromatic rings. The van der Waals surface area contributed by atoms with Crippen molar-refractivity contribution < 1.29 is 9.53 Å². The number of carbonyl (C=O) groups excluding carboxylic acids is 1. The predicted octanol–water partition coefficient (Wildman–Crippen LogP) is 3.01. The lowest BCUT2D eigenvalue weighted by Crippen LogP contribution is -2.44. The number of tetrazole rings is 1. The van der Waals surface area contributed by atoms with Gasteiger partial charge >= 0.3 is 0 Å². The minimum atomic E-state index is 0.0247. The van der Waals surface area contributed by atoms with E-state index in [1.165, 1.54) is 24.6 Å². The van der Waals surface area contributed by atoms with Crippen molar-refractivity contribution in [3.8, 4) is 11.4 Å². The van der Waals surface area contributed by atoms with Gasteiger partial charge in [0.05, 0.1) is 12.9 Å². The summed E-state index contributed by atoms with van der Waals surface area (Å²) >= 11 is 1.33. The second kappa shape index (κ2) is 8.73. The summed E-state index contributed by atoms with van der Waals surface area (Å²) < 4.78 is 7.04. The number of benzene rings is 1. The van der Waals surface area contributed by atoms with E-state index in [-0.39, 0.29) is 17.7 Å². The molecule has 0 radical (unpaired) electrons. The maximum atomic E-state index is 12.4. The zero-order valence-corrected chi connectivity index (χ0v) is 17.1. The Balaban J connectivity index is 1.65. The van der Waals surface area contributed by atoms with Gasteiger partial charge in [-0.1, -0.05) is 44.5 Å². The first-order chi connectivity index (χ1) is 13.0. The number of nitrogens with one attached hydrogen (secondary N) is 1. The van der Waals surface area contributed by atoms with Crippen LogP contribution >= 0.6 is 11.8 Å². The van der Waals surface area contributed by atoms with Gasteiger partial charge in [-0.25, -0.2) is 0 Å². The van der Waals surface area contributed by atoms with Crippen LogP contribution in [-0.4, -0.2) is 45.0 Å². The highest BCUT2D eigenvalue weighted by atomic mass is 32.2. The Morgan fingerprint density at radius 1 is 1.37 bits per heavy atom. The summed E-state index contributed by atoms with van der Waals surface area (Å²) in [7, 11) is 1.62. The third-order valence-electron chi connectivity index (χ3n) is 5.39. The number of carbonyl (C=O) groups is 1. The summed E-state index contributed by atoms with van der Waals surface area (Å²) in [4.78, 5) is 12.4. The van der Waals surface area contributed by atoms with Crippen LogP contribution in [0.1, 0.15) is 38.7 Å². The van der Waals surface area contributed by atoms with Crippen LogP contribution in [0.15, 0.2) is 23.4 Å². The van der Waals surface area contributed by atoms with Crippen molar-refractivity contribution in [1.82, 2.24) is 25.5 Å². The van der Waals surface area contributed by atoms with Crippen molar-refractivity contribution in [3.05, 3.63) is 23.8 Å². The normalized spacial score (nSPS) is 22.4. The van der Waals surface area contributed by atoms with Gasteiger partial charge in [0.1, 0.15) is 11.4 Å². The molecule has 146 valence electrons. The van der Waals surface area contributed by atoms with Gasteiger partial charge in [0, 0.05) is 6.04 Å². The first-order valence-electron chi connectivity index (χ1n) is 9.35. The molecule has 1 aromatic carbocycles. The predicted molar refractivity (Wildman–Crippen MR) is 105 cm³/mol. The average Bonchev–Trinajstić information content (AvgIpc) is 3.12. The molecule has 1 aromatic heterocycles. The molecule has 0 aliphatic heterocycles. The van der Waals surface area contributed by atoms with Crippen LogP contribution in [0.5, 0.6) is 5.75 Å². The molecule has 0 saturated heterocycles. The molecule has 1 aliphatic rings. The maximum absolute atomic E-state index is 12.4. The lowest BCUT2D eigenvalue weighted by Gasteiger charge is -2.34. The van der Waals surface area contributed by atoms with Gasteiger partial charge in [-0.15, -0.1) is 5.10 Å². The Morgan fingerprint density at radius 3 is 2.96 bits per heavy atom. The van der Waals surface area contributed by atoms with Gasteiger partial charge < -0.3 is 10.1 Å². The van der Waals surface area contributed by atoms with E-state index < -0.39 is 0 Å². The van der Waals surface area contributed by atoms with Gasteiger partial charge in [0.25, 0.3) is 0 Å². The first-order valence-corrected chi connectivity index (χ1v) is 10.3. The van der Waals surface area contributed by atoms with Crippen LogP contribution in [0.3, 0.4) is 0 Å². The number of aryl methyl sites for hydroxylation is 1. The molecule has 7 nitrogen and oxygen atoms in total. The van der Waals surface area contributed by atoms with Gasteiger partial charge in [0.2, 0.25) is 11.1 Å². The number of aromatic nitrogens is 4. The van der Waals surface area contributed by atoms with Crippen LogP contribution in [0.2, 0.25) is 0 Å². The van der Waals surface area contributed by atoms with Crippen LogP contribution in [-0.2, 0) is 4.79 Å². The molecule has 0 bridgehead atoms. The minimum Gasteiger partial charge on any atom is -0.494 e. The van der Waals surface area contributed by atoms with Crippen LogP contribution in [0.4, 0.5) is 0 Å². The van der Waals surface area contributed by atoms with E-state index in [2.05, 4.69) is 34.7 Å². The van der Waals surface area contributed by atoms with Gasteiger partial charge in [-0.2, -0.15) is 4.68 Å². The minimum absolute atomic E-state index is 0.0247. The van der Waals surface area contributed by atoms with E-state index in [4.69, 9.17) is 4.74 Å². The molecule has 3 rings (SSSR count). The van der Waals surface area contributed by atoms with E-state index in [0.717, 1.165) is 17.7 Å². The molecule has 1 N–H and O–H groups in total. The molecule has 1 amide bonds. The third kappa shape index (κ3) is 4.61. The SMILES string of the molecule is COc1ccc(C)cc1-n1nnnc1SCC(=O)N[C@H]1CCC[C@H](C)[C@@H]1C.